The Kier molecular flexibility index (Phi) is 5.51. The van der Waals surface area contributed by atoms with Gasteiger partial charge in [-0.1, -0.05) is 17.7 Å². The molecule has 0 radical (unpaired) electrons. The number of carbonyl (C=O) groups excluding carboxylic acids is 1. The SMILES string of the molecule is COc1ccc(OC)c(N2CCN(C(=O)Nc3ccc(C)cc3)CC2)c1. The second kappa shape index (κ2) is 7.99. The standard InChI is InChI=1S/C20H25N3O3/c1-15-4-6-16(7-5-15)21-20(24)23-12-10-22(11-13-23)18-14-17(25-2)8-9-19(18)26-3/h4-9,14H,10-13H2,1-3H3,(H,21,24). The van der Waals surface area contributed by atoms with Crippen LogP contribution in [0.3, 0.4) is 0 Å². The van der Waals surface area contributed by atoms with Crippen LogP contribution in [0.4, 0.5) is 16.2 Å². The summed E-state index contributed by atoms with van der Waals surface area (Å²) in [6.45, 7) is 4.81. The number of hydrogen-bond donors (Lipinski definition) is 1. The fourth-order valence-corrected chi connectivity index (χ4v) is 3.03. The molecule has 0 saturated carbocycles. The van der Waals surface area contributed by atoms with Crippen LogP contribution in [0.1, 0.15) is 5.56 Å². The van der Waals surface area contributed by atoms with Crippen LogP contribution in [0, 0.1) is 6.92 Å². The van der Waals surface area contributed by atoms with Crippen molar-refractivity contribution in [3.05, 3.63) is 48.0 Å². The highest BCUT2D eigenvalue weighted by Crippen LogP contribution is 2.32. The molecule has 1 saturated heterocycles. The number of urea groups is 1. The fraction of sp³-hybridized carbons (Fsp3) is 0.350. The quantitative estimate of drug-likeness (QED) is 0.914. The Hall–Kier alpha value is -2.89. The molecule has 2 aromatic carbocycles. The van der Waals surface area contributed by atoms with Crippen molar-refractivity contribution < 1.29 is 14.3 Å². The maximum absolute atomic E-state index is 12.5. The molecule has 6 nitrogen and oxygen atoms in total. The summed E-state index contributed by atoms with van der Waals surface area (Å²) >= 11 is 0. The lowest BCUT2D eigenvalue weighted by molar-refractivity contribution is 0.208. The molecular weight excluding hydrogens is 330 g/mol. The van der Waals surface area contributed by atoms with Crippen molar-refractivity contribution in [2.75, 3.05) is 50.6 Å². The van der Waals surface area contributed by atoms with Crippen molar-refractivity contribution in [1.29, 1.82) is 0 Å². The summed E-state index contributed by atoms with van der Waals surface area (Å²) in [7, 11) is 3.31. The third-order valence-corrected chi connectivity index (χ3v) is 4.60. The molecule has 2 amide bonds. The molecule has 0 aliphatic carbocycles. The van der Waals surface area contributed by atoms with Gasteiger partial charge in [-0.25, -0.2) is 4.79 Å². The van der Waals surface area contributed by atoms with E-state index in [1.807, 2.05) is 54.3 Å². The van der Waals surface area contributed by atoms with Crippen LogP contribution in [0.2, 0.25) is 0 Å². The minimum absolute atomic E-state index is 0.0638. The average molecular weight is 355 g/mol. The highest BCUT2D eigenvalue weighted by Gasteiger charge is 2.23. The van der Waals surface area contributed by atoms with E-state index in [4.69, 9.17) is 9.47 Å². The highest BCUT2D eigenvalue weighted by atomic mass is 16.5. The van der Waals surface area contributed by atoms with Crippen molar-refractivity contribution >= 4 is 17.4 Å². The second-order valence-corrected chi connectivity index (χ2v) is 6.31. The summed E-state index contributed by atoms with van der Waals surface area (Å²) in [4.78, 5) is 16.5. The maximum atomic E-state index is 12.5. The van der Waals surface area contributed by atoms with E-state index < -0.39 is 0 Å². The van der Waals surface area contributed by atoms with Crippen LogP contribution >= 0.6 is 0 Å². The first kappa shape index (κ1) is 17.9. The van der Waals surface area contributed by atoms with E-state index in [0.717, 1.165) is 36.0 Å². The lowest BCUT2D eigenvalue weighted by atomic mass is 10.2. The number of anilines is 2. The van der Waals surface area contributed by atoms with Gasteiger partial charge < -0.3 is 24.6 Å². The van der Waals surface area contributed by atoms with Gasteiger partial charge in [-0.2, -0.15) is 0 Å². The van der Waals surface area contributed by atoms with E-state index in [1.54, 1.807) is 14.2 Å². The van der Waals surface area contributed by atoms with E-state index in [1.165, 1.54) is 5.56 Å². The molecular formula is C20H25N3O3. The number of nitrogens with one attached hydrogen (secondary N) is 1. The lowest BCUT2D eigenvalue weighted by Gasteiger charge is -2.36. The van der Waals surface area contributed by atoms with Crippen LogP contribution in [0.5, 0.6) is 11.5 Å². The van der Waals surface area contributed by atoms with Crippen molar-refractivity contribution in [1.82, 2.24) is 4.90 Å². The lowest BCUT2D eigenvalue weighted by Crippen LogP contribution is -2.50. The monoisotopic (exact) mass is 355 g/mol. The van der Waals surface area contributed by atoms with Gasteiger partial charge in [-0.3, -0.25) is 0 Å². The molecule has 1 heterocycles. The zero-order chi connectivity index (χ0) is 18.5. The third kappa shape index (κ3) is 4.02. The van der Waals surface area contributed by atoms with Gasteiger partial charge in [0.2, 0.25) is 0 Å². The summed E-state index contributed by atoms with van der Waals surface area (Å²) < 4.78 is 10.8. The molecule has 1 fully saturated rings. The Morgan fingerprint density at radius 1 is 0.962 bits per heavy atom. The zero-order valence-electron chi connectivity index (χ0n) is 15.5. The molecule has 0 unspecified atom stereocenters. The number of aryl methyl sites for hydroxylation is 1. The summed E-state index contributed by atoms with van der Waals surface area (Å²) in [5.41, 5.74) is 2.98. The van der Waals surface area contributed by atoms with Crippen LogP contribution in [0.25, 0.3) is 0 Å². The third-order valence-electron chi connectivity index (χ3n) is 4.60. The van der Waals surface area contributed by atoms with Gasteiger partial charge in [0.15, 0.2) is 0 Å². The Morgan fingerprint density at radius 3 is 2.27 bits per heavy atom. The Morgan fingerprint density at radius 2 is 1.65 bits per heavy atom. The molecule has 6 heteroatoms. The highest BCUT2D eigenvalue weighted by molar-refractivity contribution is 5.89. The summed E-state index contributed by atoms with van der Waals surface area (Å²) in [6, 6.07) is 13.5. The predicted molar refractivity (Wildman–Crippen MR) is 104 cm³/mol. The van der Waals surface area contributed by atoms with Crippen LogP contribution in [-0.4, -0.2) is 51.3 Å². The van der Waals surface area contributed by atoms with Crippen LogP contribution in [-0.2, 0) is 0 Å². The van der Waals surface area contributed by atoms with Gasteiger partial charge >= 0.3 is 6.03 Å². The molecule has 1 N–H and O–H groups in total. The molecule has 138 valence electrons. The number of amides is 2. The van der Waals surface area contributed by atoms with E-state index in [0.29, 0.717) is 13.1 Å². The van der Waals surface area contributed by atoms with Crippen LogP contribution < -0.4 is 19.7 Å². The predicted octanol–water partition coefficient (Wildman–Crippen LogP) is 3.37. The Balaban J connectivity index is 1.62. The molecule has 0 aromatic heterocycles. The first-order valence-corrected chi connectivity index (χ1v) is 8.70. The van der Waals surface area contributed by atoms with Crippen molar-refractivity contribution in [2.24, 2.45) is 0 Å². The Bertz CT molecular complexity index is 753. The number of hydrogen-bond acceptors (Lipinski definition) is 4. The number of methoxy groups -OCH3 is 2. The van der Waals surface area contributed by atoms with Gasteiger partial charge in [0.1, 0.15) is 11.5 Å². The molecule has 0 spiro atoms. The second-order valence-electron chi connectivity index (χ2n) is 6.31. The topological polar surface area (TPSA) is 54.0 Å². The zero-order valence-corrected chi connectivity index (χ0v) is 15.5. The molecule has 2 aromatic rings. The van der Waals surface area contributed by atoms with E-state index in [-0.39, 0.29) is 6.03 Å². The first-order valence-electron chi connectivity index (χ1n) is 8.70. The molecule has 3 rings (SSSR count). The number of benzene rings is 2. The minimum Gasteiger partial charge on any atom is -0.497 e. The van der Waals surface area contributed by atoms with Crippen molar-refractivity contribution in [3.8, 4) is 11.5 Å². The van der Waals surface area contributed by atoms with Gasteiger partial charge in [0.05, 0.1) is 19.9 Å². The normalized spacial score (nSPS) is 14.1. The Labute approximate surface area is 154 Å². The summed E-state index contributed by atoms with van der Waals surface area (Å²) in [5, 5.41) is 2.96. The van der Waals surface area contributed by atoms with Gasteiger partial charge in [0, 0.05) is 37.9 Å². The van der Waals surface area contributed by atoms with Gasteiger partial charge in [0.25, 0.3) is 0 Å². The first-order chi connectivity index (χ1) is 12.6. The summed E-state index contributed by atoms with van der Waals surface area (Å²) in [5.74, 6) is 1.60. The number of rotatable bonds is 4. The van der Waals surface area contributed by atoms with Crippen LogP contribution in [0.15, 0.2) is 42.5 Å². The number of piperazine rings is 1. The largest absolute Gasteiger partial charge is 0.497 e. The smallest absolute Gasteiger partial charge is 0.321 e. The van der Waals surface area contributed by atoms with Crippen molar-refractivity contribution in [2.45, 2.75) is 6.92 Å². The molecule has 0 atom stereocenters. The molecule has 0 bridgehead atoms. The minimum atomic E-state index is -0.0638. The fourth-order valence-electron chi connectivity index (χ4n) is 3.03. The van der Waals surface area contributed by atoms with E-state index in [2.05, 4.69) is 10.2 Å². The van der Waals surface area contributed by atoms with Gasteiger partial charge in [-0.05, 0) is 31.2 Å². The number of nitrogens with zero attached hydrogens (tertiary/aromatic N) is 2. The van der Waals surface area contributed by atoms with Crippen molar-refractivity contribution in [3.63, 3.8) is 0 Å². The maximum Gasteiger partial charge on any atom is 0.321 e. The molecule has 26 heavy (non-hydrogen) atoms. The van der Waals surface area contributed by atoms with E-state index in [9.17, 15) is 4.79 Å². The average Bonchev–Trinajstić information content (AvgIpc) is 2.69. The van der Waals surface area contributed by atoms with Gasteiger partial charge in [-0.15, -0.1) is 0 Å². The molecule has 1 aliphatic rings. The number of ether oxygens (including phenoxy) is 2. The van der Waals surface area contributed by atoms with E-state index >= 15 is 0 Å². The summed E-state index contributed by atoms with van der Waals surface area (Å²) in [6.07, 6.45) is 0. The molecule has 1 aliphatic heterocycles. The number of carbonyl (C=O) groups is 1.